The van der Waals surface area contributed by atoms with E-state index in [1.807, 2.05) is 24.3 Å². The molecule has 0 radical (unpaired) electrons. The molecular formula is C24H16ClFN4O2S. The zero-order chi connectivity index (χ0) is 22.9. The molecule has 0 saturated carbocycles. The normalized spacial score (nSPS) is 11.2. The Morgan fingerprint density at radius 3 is 2.67 bits per heavy atom. The Morgan fingerprint density at radius 2 is 1.88 bits per heavy atom. The number of aromatic amines is 1. The van der Waals surface area contributed by atoms with Gasteiger partial charge < -0.3 is 10.3 Å². The van der Waals surface area contributed by atoms with E-state index in [4.69, 9.17) is 16.6 Å². The number of nitrogens with one attached hydrogen (secondary N) is 2. The minimum Gasteiger partial charge on any atom is -0.349 e. The first kappa shape index (κ1) is 21.2. The van der Waals surface area contributed by atoms with Crippen molar-refractivity contribution >= 4 is 56.9 Å². The average Bonchev–Trinajstić information content (AvgIpc) is 3.18. The van der Waals surface area contributed by atoms with E-state index in [-0.39, 0.29) is 17.2 Å². The lowest BCUT2D eigenvalue weighted by Gasteiger charge is -2.12. The summed E-state index contributed by atoms with van der Waals surface area (Å²) in [4.78, 5) is 33.9. The largest absolute Gasteiger partial charge is 0.349 e. The smallest absolute Gasteiger partial charge is 0.283 e. The summed E-state index contributed by atoms with van der Waals surface area (Å²) in [5, 5.41) is 4.37. The van der Waals surface area contributed by atoms with E-state index in [9.17, 15) is 14.0 Å². The Balaban J connectivity index is 1.56. The van der Waals surface area contributed by atoms with E-state index in [2.05, 4.69) is 10.3 Å². The van der Waals surface area contributed by atoms with Gasteiger partial charge in [0.2, 0.25) is 5.91 Å². The van der Waals surface area contributed by atoms with Crippen LogP contribution in [0.4, 0.5) is 10.1 Å². The monoisotopic (exact) mass is 478 g/mol. The van der Waals surface area contributed by atoms with Gasteiger partial charge in [0.15, 0.2) is 5.16 Å². The van der Waals surface area contributed by atoms with Gasteiger partial charge in [-0.15, -0.1) is 0 Å². The molecule has 2 aromatic heterocycles. The number of benzene rings is 3. The molecule has 0 aliphatic carbocycles. The predicted molar refractivity (Wildman–Crippen MR) is 130 cm³/mol. The van der Waals surface area contributed by atoms with Crippen LogP contribution in [0, 0.1) is 5.82 Å². The van der Waals surface area contributed by atoms with E-state index in [1.54, 1.807) is 30.3 Å². The number of aromatic nitrogens is 3. The minimum atomic E-state index is -0.441. The van der Waals surface area contributed by atoms with E-state index < -0.39 is 5.82 Å². The van der Waals surface area contributed by atoms with Gasteiger partial charge in [0, 0.05) is 21.6 Å². The number of hydrogen-bond acceptors (Lipinski definition) is 4. The fraction of sp³-hybridized carbons (Fsp3) is 0.0417. The summed E-state index contributed by atoms with van der Waals surface area (Å²) in [6.07, 6.45) is 0. The highest BCUT2D eigenvalue weighted by molar-refractivity contribution is 7.99. The third-order valence-corrected chi connectivity index (χ3v) is 6.21. The van der Waals surface area contributed by atoms with Crippen molar-refractivity contribution in [3.8, 4) is 5.69 Å². The maximum Gasteiger partial charge on any atom is 0.283 e. The van der Waals surface area contributed by atoms with Gasteiger partial charge in [-0.25, -0.2) is 9.37 Å². The molecule has 2 N–H and O–H groups in total. The molecule has 0 bridgehead atoms. The lowest BCUT2D eigenvalue weighted by Crippen LogP contribution is -2.23. The topological polar surface area (TPSA) is 79.8 Å². The summed E-state index contributed by atoms with van der Waals surface area (Å²) in [6.45, 7) is 0. The fourth-order valence-electron chi connectivity index (χ4n) is 3.55. The van der Waals surface area contributed by atoms with Crippen LogP contribution in [0.3, 0.4) is 0 Å². The molecule has 164 valence electrons. The van der Waals surface area contributed by atoms with Crippen LogP contribution in [-0.2, 0) is 4.79 Å². The van der Waals surface area contributed by atoms with Gasteiger partial charge in [-0.3, -0.25) is 14.2 Å². The number of nitrogens with zero attached hydrogens (tertiary/aromatic N) is 2. The van der Waals surface area contributed by atoms with Crippen LogP contribution in [0.2, 0.25) is 5.02 Å². The Morgan fingerprint density at radius 1 is 1.09 bits per heavy atom. The van der Waals surface area contributed by atoms with Crippen LogP contribution in [0.1, 0.15) is 0 Å². The molecule has 3 aromatic carbocycles. The van der Waals surface area contributed by atoms with Gasteiger partial charge in [-0.1, -0.05) is 47.6 Å². The Hall–Kier alpha value is -3.62. The predicted octanol–water partition coefficient (Wildman–Crippen LogP) is 5.39. The zero-order valence-corrected chi connectivity index (χ0v) is 18.6. The van der Waals surface area contributed by atoms with E-state index in [0.29, 0.717) is 32.6 Å². The number of fused-ring (bicyclic) bond motifs is 3. The molecule has 0 atom stereocenters. The number of halogens is 2. The third-order valence-electron chi connectivity index (χ3n) is 5.02. The number of para-hydroxylation sites is 1. The van der Waals surface area contributed by atoms with Crippen molar-refractivity contribution in [3.63, 3.8) is 0 Å². The molecular weight excluding hydrogens is 463 g/mol. The number of carbonyl (C=O) groups excluding carboxylic acids is 1. The van der Waals surface area contributed by atoms with Crippen molar-refractivity contribution < 1.29 is 9.18 Å². The van der Waals surface area contributed by atoms with Gasteiger partial charge in [-0.05, 0) is 48.5 Å². The molecule has 0 aliphatic rings. The van der Waals surface area contributed by atoms with Crippen molar-refractivity contribution in [2.75, 3.05) is 11.1 Å². The highest BCUT2D eigenvalue weighted by atomic mass is 35.5. The highest BCUT2D eigenvalue weighted by Crippen LogP contribution is 2.27. The first-order valence-electron chi connectivity index (χ1n) is 9.97. The number of carbonyl (C=O) groups is 1. The Kier molecular flexibility index (Phi) is 5.62. The molecule has 6 nitrogen and oxygen atoms in total. The zero-order valence-electron chi connectivity index (χ0n) is 17.0. The van der Waals surface area contributed by atoms with Crippen molar-refractivity contribution in [1.82, 2.24) is 14.5 Å². The van der Waals surface area contributed by atoms with Crippen molar-refractivity contribution in [3.05, 3.63) is 94.0 Å². The van der Waals surface area contributed by atoms with Crippen molar-refractivity contribution in [2.24, 2.45) is 0 Å². The van der Waals surface area contributed by atoms with E-state index in [0.717, 1.165) is 22.7 Å². The number of anilines is 1. The summed E-state index contributed by atoms with van der Waals surface area (Å²) in [5.74, 6) is -0.810. The van der Waals surface area contributed by atoms with Gasteiger partial charge in [-0.2, -0.15) is 0 Å². The maximum absolute atomic E-state index is 13.5. The molecule has 0 spiro atoms. The van der Waals surface area contributed by atoms with Crippen LogP contribution in [0.5, 0.6) is 0 Å². The first-order valence-corrected chi connectivity index (χ1v) is 11.3. The fourth-order valence-corrected chi connectivity index (χ4v) is 4.48. The summed E-state index contributed by atoms with van der Waals surface area (Å²) in [5.41, 5.74) is 2.35. The molecule has 0 saturated heterocycles. The molecule has 9 heteroatoms. The molecule has 5 aromatic rings. The number of thioether (sulfide) groups is 1. The minimum absolute atomic E-state index is 0.0234. The molecule has 0 unspecified atom stereocenters. The molecule has 1 amide bonds. The summed E-state index contributed by atoms with van der Waals surface area (Å²) >= 11 is 7.14. The van der Waals surface area contributed by atoms with Crippen molar-refractivity contribution in [1.29, 1.82) is 0 Å². The molecule has 2 heterocycles. The van der Waals surface area contributed by atoms with Gasteiger partial charge in [0.1, 0.15) is 16.9 Å². The Bertz CT molecular complexity index is 1560. The second kappa shape index (κ2) is 8.73. The summed E-state index contributed by atoms with van der Waals surface area (Å²) in [7, 11) is 0. The number of hydrogen-bond donors (Lipinski definition) is 2. The van der Waals surface area contributed by atoms with Crippen LogP contribution in [0.25, 0.3) is 27.6 Å². The molecule has 33 heavy (non-hydrogen) atoms. The van der Waals surface area contributed by atoms with Gasteiger partial charge >= 0.3 is 0 Å². The second-order valence-corrected chi connectivity index (χ2v) is 8.63. The van der Waals surface area contributed by atoms with E-state index in [1.165, 1.54) is 22.8 Å². The lowest BCUT2D eigenvalue weighted by atomic mass is 10.2. The standard InChI is InChI=1S/C24H16ClFN4O2S/c25-14-8-10-17(11-9-14)30-23(32)22-21(18-6-1-2-7-19(18)28-22)29-24(30)33-13-20(31)27-16-5-3-4-15(26)12-16/h1-12,28H,13H2,(H,27,31). The average molecular weight is 479 g/mol. The third kappa shape index (κ3) is 4.22. The SMILES string of the molecule is O=C(CSc1nc2c([nH]c3ccccc32)c(=O)n1-c1ccc(Cl)cc1)Nc1cccc(F)c1. The highest BCUT2D eigenvalue weighted by Gasteiger charge is 2.18. The number of amides is 1. The first-order chi connectivity index (χ1) is 16.0. The van der Waals surface area contributed by atoms with Crippen LogP contribution in [0.15, 0.2) is 82.7 Å². The lowest BCUT2D eigenvalue weighted by molar-refractivity contribution is -0.113. The van der Waals surface area contributed by atoms with Crippen LogP contribution in [-0.4, -0.2) is 26.2 Å². The van der Waals surface area contributed by atoms with Crippen molar-refractivity contribution in [2.45, 2.75) is 5.16 Å². The Labute approximate surface area is 196 Å². The summed E-state index contributed by atoms with van der Waals surface area (Å²) < 4.78 is 14.9. The van der Waals surface area contributed by atoms with Crippen LogP contribution >= 0.6 is 23.4 Å². The number of H-pyrrole nitrogens is 1. The van der Waals surface area contributed by atoms with E-state index >= 15 is 0 Å². The molecule has 0 aliphatic heterocycles. The second-order valence-electron chi connectivity index (χ2n) is 7.25. The molecule has 5 rings (SSSR count). The maximum atomic E-state index is 13.5. The summed E-state index contributed by atoms with van der Waals surface area (Å²) in [6, 6.07) is 20.0. The van der Waals surface area contributed by atoms with Crippen LogP contribution < -0.4 is 10.9 Å². The molecule has 0 fully saturated rings. The van der Waals surface area contributed by atoms with Gasteiger partial charge in [0.05, 0.1) is 11.4 Å². The quantitative estimate of drug-likeness (QED) is 0.262. The van der Waals surface area contributed by atoms with Gasteiger partial charge in [0.25, 0.3) is 5.56 Å². The number of rotatable bonds is 5.